The van der Waals surface area contributed by atoms with E-state index in [4.69, 9.17) is 28.3 Å². The summed E-state index contributed by atoms with van der Waals surface area (Å²) >= 11 is 12.4. The van der Waals surface area contributed by atoms with Gasteiger partial charge in [0.25, 0.3) is 0 Å². The lowest BCUT2D eigenvalue weighted by molar-refractivity contribution is -0.124. The van der Waals surface area contributed by atoms with Crippen molar-refractivity contribution in [1.29, 1.82) is 0 Å². The Morgan fingerprint density at radius 1 is 1.24 bits per heavy atom. The van der Waals surface area contributed by atoms with Gasteiger partial charge in [-0.1, -0.05) is 63.5 Å². The Morgan fingerprint density at radius 3 is 2.58 bits per heavy atom. The van der Waals surface area contributed by atoms with Gasteiger partial charge >= 0.3 is 0 Å². The van der Waals surface area contributed by atoms with Crippen LogP contribution < -0.4 is 16.0 Å². The van der Waals surface area contributed by atoms with Crippen LogP contribution in [-0.4, -0.2) is 53.4 Å². The van der Waals surface area contributed by atoms with E-state index in [1.807, 2.05) is 26.8 Å². The molecule has 5 N–H and O–H groups in total. The van der Waals surface area contributed by atoms with E-state index < -0.39 is 41.9 Å². The Morgan fingerprint density at radius 2 is 1.95 bits per heavy atom. The molecule has 1 saturated heterocycles. The molecular formula is C28H36Cl2FN3O4. The van der Waals surface area contributed by atoms with Crippen molar-refractivity contribution in [2.75, 3.05) is 18.5 Å². The topological polar surface area (TPSA) is 111 Å². The molecule has 0 saturated carbocycles. The Bertz CT molecular complexity index is 1210. The average Bonchev–Trinajstić information content (AvgIpc) is 3.28. The van der Waals surface area contributed by atoms with Gasteiger partial charge in [0.1, 0.15) is 11.2 Å². The second-order valence-electron chi connectivity index (χ2n) is 11.0. The number of benzene rings is 2. The standard InChI is InChI=1S/C27H32Cl2FN3O4.CH4/c1-26(2,3)12-21-27(17-10-19(30)18(29)11-20(17)32-25(27)37)22(14-5-4-6-15(28)9-14)23(33-21)24(36)31-8-7-16(35)13-34;/h4-6,9-11,16,21-23,33-35H,7-8,12-13H2,1-3H3,(H,31,36)(H,32,37);1H4. The van der Waals surface area contributed by atoms with Gasteiger partial charge in [0.15, 0.2) is 0 Å². The summed E-state index contributed by atoms with van der Waals surface area (Å²) in [4.78, 5) is 27.6. The van der Waals surface area contributed by atoms with Crippen molar-refractivity contribution < 1.29 is 24.2 Å². The Hall–Kier alpha value is -2.23. The highest BCUT2D eigenvalue weighted by Gasteiger charge is 2.65. The van der Waals surface area contributed by atoms with Gasteiger partial charge in [0, 0.05) is 29.2 Å². The Labute approximate surface area is 233 Å². The van der Waals surface area contributed by atoms with Crippen LogP contribution in [0.15, 0.2) is 36.4 Å². The first-order valence-corrected chi connectivity index (χ1v) is 13.0. The van der Waals surface area contributed by atoms with Gasteiger partial charge in [-0.25, -0.2) is 4.39 Å². The van der Waals surface area contributed by atoms with Crippen molar-refractivity contribution in [3.8, 4) is 0 Å². The monoisotopic (exact) mass is 567 g/mol. The molecule has 0 aromatic heterocycles. The minimum atomic E-state index is -1.33. The van der Waals surface area contributed by atoms with Crippen molar-refractivity contribution in [2.24, 2.45) is 5.41 Å². The van der Waals surface area contributed by atoms with Crippen molar-refractivity contribution >= 4 is 40.7 Å². The van der Waals surface area contributed by atoms with Crippen molar-refractivity contribution in [2.45, 2.75) is 70.6 Å². The maximum atomic E-state index is 14.9. The minimum Gasteiger partial charge on any atom is -0.394 e. The molecule has 2 heterocycles. The average molecular weight is 569 g/mol. The number of halogens is 3. The molecule has 0 aliphatic carbocycles. The molecule has 5 atom stereocenters. The largest absolute Gasteiger partial charge is 0.394 e. The maximum Gasteiger partial charge on any atom is 0.237 e. The van der Waals surface area contributed by atoms with Gasteiger partial charge in [0.2, 0.25) is 11.8 Å². The molecule has 2 aromatic carbocycles. The highest BCUT2D eigenvalue weighted by molar-refractivity contribution is 6.31. The van der Waals surface area contributed by atoms with E-state index in [-0.39, 0.29) is 42.6 Å². The predicted octanol–water partition coefficient (Wildman–Crippen LogP) is 4.38. The summed E-state index contributed by atoms with van der Waals surface area (Å²) in [6, 6.07) is 8.30. The molecule has 38 heavy (non-hydrogen) atoms. The van der Waals surface area contributed by atoms with Crippen LogP contribution in [0.1, 0.15) is 58.1 Å². The molecule has 0 radical (unpaired) electrons. The number of hydrogen-bond acceptors (Lipinski definition) is 5. The second kappa shape index (κ2) is 11.5. The second-order valence-corrected chi connectivity index (χ2v) is 11.9. The number of anilines is 1. The molecule has 7 nitrogen and oxygen atoms in total. The molecule has 1 fully saturated rings. The molecule has 10 heteroatoms. The van der Waals surface area contributed by atoms with Crippen LogP contribution in [0.25, 0.3) is 0 Å². The first-order chi connectivity index (χ1) is 17.4. The number of aliphatic hydroxyl groups excluding tert-OH is 2. The third-order valence-corrected chi connectivity index (χ3v) is 7.70. The Balaban J connectivity index is 0.00000400. The summed E-state index contributed by atoms with van der Waals surface area (Å²) in [5.74, 6) is -2.10. The molecule has 5 unspecified atom stereocenters. The van der Waals surface area contributed by atoms with E-state index in [9.17, 15) is 19.1 Å². The summed E-state index contributed by atoms with van der Waals surface area (Å²) in [6.45, 7) is 5.83. The van der Waals surface area contributed by atoms with Crippen LogP contribution in [0, 0.1) is 11.2 Å². The van der Waals surface area contributed by atoms with Crippen molar-refractivity contribution in [1.82, 2.24) is 10.6 Å². The van der Waals surface area contributed by atoms with Crippen LogP contribution >= 0.6 is 23.2 Å². The highest BCUT2D eigenvalue weighted by atomic mass is 35.5. The van der Waals surface area contributed by atoms with E-state index in [0.717, 1.165) is 0 Å². The number of amides is 2. The number of aliphatic hydroxyl groups is 2. The minimum absolute atomic E-state index is 0. The molecule has 1 spiro atoms. The summed E-state index contributed by atoms with van der Waals surface area (Å²) in [6.07, 6.45) is -0.282. The van der Waals surface area contributed by atoms with Gasteiger partial charge in [-0.3, -0.25) is 9.59 Å². The molecule has 0 bridgehead atoms. The predicted molar refractivity (Wildman–Crippen MR) is 148 cm³/mol. The fourth-order valence-corrected chi connectivity index (χ4v) is 6.06. The lowest BCUT2D eigenvalue weighted by Crippen LogP contribution is -2.49. The third kappa shape index (κ3) is 5.56. The quantitative estimate of drug-likeness (QED) is 0.341. The zero-order valence-electron chi connectivity index (χ0n) is 20.9. The first-order valence-electron chi connectivity index (χ1n) is 12.3. The summed E-state index contributed by atoms with van der Waals surface area (Å²) < 4.78 is 14.9. The first kappa shape index (κ1) is 30.3. The summed E-state index contributed by atoms with van der Waals surface area (Å²) in [5.41, 5.74) is -0.0573. The molecule has 2 amide bonds. The normalized spacial score (nSPS) is 25.1. The van der Waals surface area contributed by atoms with Crippen LogP contribution in [0.4, 0.5) is 10.1 Å². The van der Waals surface area contributed by atoms with Gasteiger partial charge in [0.05, 0.1) is 23.8 Å². The molecule has 2 aliphatic rings. The molecular weight excluding hydrogens is 532 g/mol. The lowest BCUT2D eigenvalue weighted by atomic mass is 9.62. The zero-order chi connectivity index (χ0) is 27.1. The van der Waals surface area contributed by atoms with E-state index in [0.29, 0.717) is 28.3 Å². The van der Waals surface area contributed by atoms with Crippen LogP contribution in [0.2, 0.25) is 10.0 Å². The molecule has 2 aromatic rings. The lowest BCUT2D eigenvalue weighted by Gasteiger charge is -2.37. The van der Waals surface area contributed by atoms with Crippen molar-refractivity contribution in [3.05, 3.63) is 63.4 Å². The molecule has 4 rings (SSSR count). The highest BCUT2D eigenvalue weighted by Crippen LogP contribution is 2.57. The number of carbonyl (C=O) groups excluding carboxylic acids is 2. The molecule has 2 aliphatic heterocycles. The van der Waals surface area contributed by atoms with E-state index in [1.165, 1.54) is 12.1 Å². The van der Waals surface area contributed by atoms with Gasteiger partial charge in [-0.05, 0) is 53.6 Å². The van der Waals surface area contributed by atoms with Crippen LogP contribution in [0.5, 0.6) is 0 Å². The zero-order valence-corrected chi connectivity index (χ0v) is 22.5. The number of nitrogens with one attached hydrogen (secondary N) is 3. The number of hydrogen-bond donors (Lipinski definition) is 5. The van der Waals surface area contributed by atoms with E-state index >= 15 is 0 Å². The molecule has 208 valence electrons. The van der Waals surface area contributed by atoms with Gasteiger partial charge in [-0.15, -0.1) is 0 Å². The third-order valence-electron chi connectivity index (χ3n) is 7.18. The van der Waals surface area contributed by atoms with Crippen molar-refractivity contribution in [3.63, 3.8) is 0 Å². The van der Waals surface area contributed by atoms with Crippen LogP contribution in [-0.2, 0) is 15.0 Å². The van der Waals surface area contributed by atoms with Crippen LogP contribution in [0.3, 0.4) is 0 Å². The van der Waals surface area contributed by atoms with E-state index in [1.54, 1.807) is 18.2 Å². The summed E-state index contributed by atoms with van der Waals surface area (Å²) in [7, 11) is 0. The maximum absolute atomic E-state index is 14.9. The fourth-order valence-electron chi connectivity index (χ4n) is 5.70. The smallest absolute Gasteiger partial charge is 0.237 e. The van der Waals surface area contributed by atoms with Gasteiger partial charge in [-0.2, -0.15) is 0 Å². The number of fused-ring (bicyclic) bond motifs is 2. The Kier molecular flexibility index (Phi) is 9.16. The SMILES string of the molecule is C.CC(C)(C)CC1NC(C(=O)NCCC(O)CO)C(c2cccc(Cl)c2)C12C(=O)Nc1cc(Cl)c(F)cc12. The summed E-state index contributed by atoms with van der Waals surface area (Å²) in [5, 5.41) is 28.3. The number of carbonyl (C=O) groups is 2. The number of rotatable bonds is 7. The van der Waals surface area contributed by atoms with Gasteiger partial charge < -0.3 is 26.2 Å². The van der Waals surface area contributed by atoms with E-state index in [2.05, 4.69) is 16.0 Å². The fraction of sp³-hybridized carbons (Fsp3) is 0.500.